The molecule has 0 spiro atoms. The second-order valence-corrected chi connectivity index (χ2v) is 6.66. The molecule has 0 saturated heterocycles. The molecule has 0 aliphatic carbocycles. The minimum atomic E-state index is -0.705. The first-order valence-electron chi connectivity index (χ1n) is 6.80. The Balaban J connectivity index is 2.58. The number of hydrogen-bond acceptors (Lipinski definition) is 1. The van der Waals surface area contributed by atoms with E-state index in [1.807, 2.05) is 0 Å². The maximum absolute atomic E-state index is 13.5. The molecule has 0 fully saturated rings. The molecule has 0 saturated carbocycles. The van der Waals surface area contributed by atoms with Crippen LogP contribution in [0.15, 0.2) is 18.2 Å². The SMILES string of the molecule is CC(CC(O)Cc1c(F)cccc1F)CC(C)(C)C. The molecule has 0 aliphatic heterocycles. The fourth-order valence-electron chi connectivity index (χ4n) is 2.64. The van der Waals surface area contributed by atoms with Crippen molar-refractivity contribution in [2.24, 2.45) is 11.3 Å². The van der Waals surface area contributed by atoms with Crippen molar-refractivity contribution in [3.63, 3.8) is 0 Å². The van der Waals surface area contributed by atoms with Crippen molar-refractivity contribution in [1.29, 1.82) is 0 Å². The van der Waals surface area contributed by atoms with Gasteiger partial charge in [-0.2, -0.15) is 0 Å². The van der Waals surface area contributed by atoms with E-state index in [0.717, 1.165) is 6.42 Å². The van der Waals surface area contributed by atoms with Gasteiger partial charge in [-0.1, -0.05) is 33.8 Å². The lowest BCUT2D eigenvalue weighted by Crippen LogP contribution is -2.19. The number of rotatable bonds is 5. The molecule has 3 heteroatoms. The Kier molecular flexibility index (Phi) is 5.48. The Morgan fingerprint density at radius 1 is 1.16 bits per heavy atom. The third-order valence-electron chi connectivity index (χ3n) is 3.14. The minimum Gasteiger partial charge on any atom is -0.393 e. The predicted octanol–water partition coefficient (Wildman–Crippen LogP) is 4.33. The van der Waals surface area contributed by atoms with Crippen LogP contribution in [0.2, 0.25) is 0 Å². The lowest BCUT2D eigenvalue weighted by atomic mass is 9.82. The van der Waals surface area contributed by atoms with Gasteiger partial charge in [-0.25, -0.2) is 8.78 Å². The van der Waals surface area contributed by atoms with Gasteiger partial charge in [0.05, 0.1) is 6.10 Å². The smallest absolute Gasteiger partial charge is 0.129 e. The Labute approximate surface area is 114 Å². The quantitative estimate of drug-likeness (QED) is 0.844. The molecule has 0 heterocycles. The van der Waals surface area contributed by atoms with Gasteiger partial charge in [0, 0.05) is 12.0 Å². The van der Waals surface area contributed by atoms with Gasteiger partial charge in [0.15, 0.2) is 0 Å². The molecule has 0 aromatic heterocycles. The summed E-state index contributed by atoms with van der Waals surface area (Å²) < 4.78 is 26.9. The first-order chi connectivity index (χ1) is 8.69. The summed E-state index contributed by atoms with van der Waals surface area (Å²) in [5.41, 5.74) is 0.181. The van der Waals surface area contributed by atoms with Crippen LogP contribution in [0.3, 0.4) is 0 Å². The lowest BCUT2D eigenvalue weighted by Gasteiger charge is -2.25. The average molecular weight is 270 g/mol. The summed E-state index contributed by atoms with van der Waals surface area (Å²) in [7, 11) is 0. The van der Waals surface area contributed by atoms with Gasteiger partial charge < -0.3 is 5.11 Å². The van der Waals surface area contributed by atoms with Gasteiger partial charge in [0.2, 0.25) is 0 Å². The molecule has 19 heavy (non-hydrogen) atoms. The molecular weight excluding hydrogens is 246 g/mol. The number of halogens is 2. The van der Waals surface area contributed by atoms with Crippen LogP contribution in [0, 0.1) is 23.0 Å². The third kappa shape index (κ3) is 5.68. The largest absolute Gasteiger partial charge is 0.393 e. The van der Waals surface area contributed by atoms with Gasteiger partial charge in [-0.05, 0) is 36.3 Å². The van der Waals surface area contributed by atoms with Gasteiger partial charge in [-0.15, -0.1) is 0 Å². The highest BCUT2D eigenvalue weighted by molar-refractivity contribution is 5.20. The maximum atomic E-state index is 13.5. The summed E-state index contributed by atoms with van der Waals surface area (Å²) in [6.07, 6.45) is 0.866. The van der Waals surface area contributed by atoms with E-state index >= 15 is 0 Å². The van der Waals surface area contributed by atoms with Crippen molar-refractivity contribution in [3.8, 4) is 0 Å². The van der Waals surface area contributed by atoms with E-state index in [9.17, 15) is 13.9 Å². The molecule has 1 aromatic carbocycles. The molecule has 2 unspecified atom stereocenters. The third-order valence-corrected chi connectivity index (χ3v) is 3.14. The molecule has 1 N–H and O–H groups in total. The van der Waals surface area contributed by atoms with E-state index < -0.39 is 17.7 Å². The Morgan fingerprint density at radius 3 is 2.16 bits per heavy atom. The molecule has 0 radical (unpaired) electrons. The van der Waals surface area contributed by atoms with Crippen molar-refractivity contribution >= 4 is 0 Å². The van der Waals surface area contributed by atoms with E-state index in [4.69, 9.17) is 0 Å². The van der Waals surface area contributed by atoms with Crippen molar-refractivity contribution in [2.75, 3.05) is 0 Å². The summed E-state index contributed by atoms with van der Waals surface area (Å²) in [4.78, 5) is 0. The number of aliphatic hydroxyl groups is 1. The van der Waals surface area contributed by atoms with Crippen molar-refractivity contribution < 1.29 is 13.9 Å². The normalized spacial score (nSPS) is 15.3. The van der Waals surface area contributed by atoms with Crippen LogP contribution in [-0.4, -0.2) is 11.2 Å². The highest BCUT2D eigenvalue weighted by Gasteiger charge is 2.20. The molecule has 1 rings (SSSR count). The van der Waals surface area contributed by atoms with E-state index in [1.54, 1.807) is 0 Å². The standard InChI is InChI=1S/C16H24F2O/c1-11(10-16(2,3)4)8-12(19)9-13-14(17)6-5-7-15(13)18/h5-7,11-12,19H,8-10H2,1-4H3. The van der Waals surface area contributed by atoms with Gasteiger partial charge in [0.25, 0.3) is 0 Å². The van der Waals surface area contributed by atoms with Crippen molar-refractivity contribution in [2.45, 2.75) is 53.1 Å². The van der Waals surface area contributed by atoms with Crippen LogP contribution in [-0.2, 0) is 6.42 Å². The van der Waals surface area contributed by atoms with Crippen molar-refractivity contribution in [1.82, 2.24) is 0 Å². The van der Waals surface area contributed by atoms with E-state index in [-0.39, 0.29) is 17.4 Å². The predicted molar refractivity (Wildman–Crippen MR) is 73.9 cm³/mol. The monoisotopic (exact) mass is 270 g/mol. The lowest BCUT2D eigenvalue weighted by molar-refractivity contribution is 0.131. The first-order valence-corrected chi connectivity index (χ1v) is 6.80. The summed E-state index contributed by atoms with van der Waals surface area (Å²) in [6.45, 7) is 8.50. The van der Waals surface area contributed by atoms with Crippen LogP contribution in [0.5, 0.6) is 0 Å². The van der Waals surface area contributed by atoms with Crippen LogP contribution >= 0.6 is 0 Å². The fourth-order valence-corrected chi connectivity index (χ4v) is 2.64. The van der Waals surface area contributed by atoms with Crippen LogP contribution in [0.4, 0.5) is 8.78 Å². The zero-order valence-corrected chi connectivity index (χ0v) is 12.2. The van der Waals surface area contributed by atoms with Crippen molar-refractivity contribution in [3.05, 3.63) is 35.4 Å². The van der Waals surface area contributed by atoms with Crippen LogP contribution in [0.25, 0.3) is 0 Å². The molecule has 0 bridgehead atoms. The number of hydrogen-bond donors (Lipinski definition) is 1. The molecule has 0 amide bonds. The summed E-state index contributed by atoms with van der Waals surface area (Å²) >= 11 is 0. The second kappa shape index (κ2) is 6.47. The summed E-state index contributed by atoms with van der Waals surface area (Å²) in [5.74, 6) is -0.838. The van der Waals surface area contributed by atoms with Crippen LogP contribution in [0.1, 0.15) is 46.1 Å². The molecule has 0 aliphatic rings. The Morgan fingerprint density at radius 2 is 1.68 bits per heavy atom. The maximum Gasteiger partial charge on any atom is 0.129 e. The van der Waals surface area contributed by atoms with Gasteiger partial charge in [0.1, 0.15) is 11.6 Å². The highest BCUT2D eigenvalue weighted by Crippen LogP contribution is 2.27. The second-order valence-electron chi connectivity index (χ2n) is 6.66. The van der Waals surface area contributed by atoms with E-state index in [1.165, 1.54) is 18.2 Å². The number of aliphatic hydroxyl groups excluding tert-OH is 1. The zero-order chi connectivity index (χ0) is 14.6. The molecule has 2 atom stereocenters. The molecule has 1 nitrogen and oxygen atoms in total. The Hall–Kier alpha value is -0.960. The number of benzene rings is 1. The molecular formula is C16H24F2O. The highest BCUT2D eigenvalue weighted by atomic mass is 19.1. The summed E-state index contributed by atoms with van der Waals surface area (Å²) in [6, 6.07) is 3.79. The topological polar surface area (TPSA) is 20.2 Å². The average Bonchev–Trinajstić information content (AvgIpc) is 2.20. The van der Waals surface area contributed by atoms with E-state index in [0.29, 0.717) is 12.3 Å². The first kappa shape index (κ1) is 16.1. The van der Waals surface area contributed by atoms with Gasteiger partial charge in [-0.3, -0.25) is 0 Å². The van der Waals surface area contributed by atoms with Gasteiger partial charge >= 0.3 is 0 Å². The zero-order valence-electron chi connectivity index (χ0n) is 12.2. The molecule has 1 aromatic rings. The summed E-state index contributed by atoms with van der Waals surface area (Å²) in [5, 5.41) is 9.99. The van der Waals surface area contributed by atoms with E-state index in [2.05, 4.69) is 27.7 Å². The fraction of sp³-hybridized carbons (Fsp3) is 0.625. The molecule has 108 valence electrons. The Bertz CT molecular complexity index is 389. The van der Waals surface area contributed by atoms with Crippen LogP contribution < -0.4 is 0 Å². The minimum absolute atomic E-state index is 0.0158.